The van der Waals surface area contributed by atoms with Crippen molar-refractivity contribution in [2.24, 2.45) is 0 Å². The van der Waals surface area contributed by atoms with Crippen molar-refractivity contribution < 1.29 is 9.90 Å². The second-order valence-corrected chi connectivity index (χ2v) is 4.70. The molecule has 2 N–H and O–H groups in total. The number of nitrogens with zero attached hydrogens (tertiary/aromatic N) is 2. The highest BCUT2D eigenvalue weighted by Gasteiger charge is 2.20. The number of aliphatic hydroxyl groups is 1. The number of likely N-dealkylation sites (tertiary alicyclic amines) is 1. The fourth-order valence-electron chi connectivity index (χ4n) is 2.18. The fourth-order valence-corrected chi connectivity index (χ4v) is 2.18. The zero-order valence-corrected chi connectivity index (χ0v) is 10.7. The van der Waals surface area contributed by atoms with E-state index in [-0.39, 0.29) is 12.0 Å². The Kier molecular flexibility index (Phi) is 4.50. The molecule has 0 spiro atoms. The van der Waals surface area contributed by atoms with Gasteiger partial charge in [-0.05, 0) is 18.6 Å². The first kappa shape index (κ1) is 13.5. The Bertz CT molecular complexity index is 496. The summed E-state index contributed by atoms with van der Waals surface area (Å²) >= 11 is 0. The highest BCUT2D eigenvalue weighted by molar-refractivity contribution is 5.92. The first-order valence-corrected chi connectivity index (χ1v) is 6.38. The molecule has 100 valence electrons. The minimum Gasteiger partial charge on any atom is -0.392 e. The van der Waals surface area contributed by atoms with Gasteiger partial charge in [0.25, 0.3) is 0 Å². The van der Waals surface area contributed by atoms with Gasteiger partial charge in [0.2, 0.25) is 5.91 Å². The van der Waals surface area contributed by atoms with Crippen molar-refractivity contribution in [3.63, 3.8) is 0 Å². The number of amides is 1. The number of hydrogen-bond acceptors (Lipinski definition) is 4. The number of carbonyl (C=O) groups is 1. The van der Waals surface area contributed by atoms with Crippen LogP contribution in [0.15, 0.2) is 24.3 Å². The van der Waals surface area contributed by atoms with E-state index >= 15 is 0 Å². The Morgan fingerprint density at radius 2 is 2.32 bits per heavy atom. The number of anilines is 1. The molecule has 2 rings (SSSR count). The van der Waals surface area contributed by atoms with Gasteiger partial charge in [0, 0.05) is 26.1 Å². The Morgan fingerprint density at radius 3 is 3.00 bits per heavy atom. The van der Waals surface area contributed by atoms with E-state index in [0.717, 1.165) is 13.0 Å². The summed E-state index contributed by atoms with van der Waals surface area (Å²) in [6.07, 6.45) is 0.883. The summed E-state index contributed by atoms with van der Waals surface area (Å²) in [5.41, 5.74) is 1.02. The molecule has 1 aromatic rings. The second-order valence-electron chi connectivity index (χ2n) is 4.70. The van der Waals surface area contributed by atoms with Gasteiger partial charge in [0.15, 0.2) is 0 Å². The molecule has 1 aliphatic rings. The second kappa shape index (κ2) is 6.32. The van der Waals surface area contributed by atoms with Gasteiger partial charge in [0.05, 0.1) is 17.4 Å². The number of hydrogen-bond donors (Lipinski definition) is 2. The van der Waals surface area contributed by atoms with Crippen molar-refractivity contribution in [1.82, 2.24) is 4.90 Å². The molecule has 1 aromatic carbocycles. The van der Waals surface area contributed by atoms with Crippen molar-refractivity contribution >= 4 is 11.6 Å². The highest BCUT2D eigenvalue weighted by atomic mass is 16.3. The summed E-state index contributed by atoms with van der Waals surface area (Å²) in [6, 6.07) is 8.99. The number of aliphatic hydroxyl groups excluding tert-OH is 1. The van der Waals surface area contributed by atoms with E-state index in [2.05, 4.69) is 10.2 Å². The van der Waals surface area contributed by atoms with Crippen LogP contribution in [0.2, 0.25) is 0 Å². The van der Waals surface area contributed by atoms with Gasteiger partial charge in [-0.1, -0.05) is 12.1 Å². The Hall–Kier alpha value is -1.90. The quantitative estimate of drug-likeness (QED) is 0.844. The van der Waals surface area contributed by atoms with E-state index in [1.54, 1.807) is 24.3 Å². The zero-order chi connectivity index (χ0) is 13.7. The number of rotatable bonds is 4. The summed E-state index contributed by atoms with van der Waals surface area (Å²) in [4.78, 5) is 13.9. The van der Waals surface area contributed by atoms with Crippen LogP contribution in [0.4, 0.5) is 5.69 Å². The molecule has 0 saturated carbocycles. The largest absolute Gasteiger partial charge is 0.392 e. The normalized spacial score (nSPS) is 19.1. The van der Waals surface area contributed by atoms with Crippen LogP contribution in [0.5, 0.6) is 0 Å². The number of β-amino-alcohol motifs (C(OH)–C–C–N with tert-alkyl or cyclic N) is 1. The van der Waals surface area contributed by atoms with Crippen LogP contribution in [0.25, 0.3) is 0 Å². The third kappa shape index (κ3) is 3.78. The summed E-state index contributed by atoms with van der Waals surface area (Å²) in [7, 11) is 0. The van der Waals surface area contributed by atoms with Gasteiger partial charge in [-0.2, -0.15) is 5.26 Å². The van der Waals surface area contributed by atoms with Crippen LogP contribution in [-0.2, 0) is 4.79 Å². The van der Waals surface area contributed by atoms with Crippen LogP contribution < -0.4 is 5.32 Å². The zero-order valence-electron chi connectivity index (χ0n) is 10.7. The Labute approximate surface area is 112 Å². The molecule has 19 heavy (non-hydrogen) atoms. The minimum absolute atomic E-state index is 0.107. The van der Waals surface area contributed by atoms with Crippen LogP contribution in [-0.4, -0.2) is 41.7 Å². The smallest absolute Gasteiger partial charge is 0.225 e. The number of nitriles is 1. The van der Waals surface area contributed by atoms with Gasteiger partial charge in [0.1, 0.15) is 6.07 Å². The fraction of sp³-hybridized carbons (Fsp3) is 0.429. The van der Waals surface area contributed by atoms with E-state index in [4.69, 9.17) is 5.26 Å². The molecule has 5 heteroatoms. The average Bonchev–Trinajstić information content (AvgIpc) is 2.83. The molecule has 1 fully saturated rings. The number of carbonyl (C=O) groups excluding carboxylic acids is 1. The maximum atomic E-state index is 11.8. The summed E-state index contributed by atoms with van der Waals surface area (Å²) in [5.74, 6) is -0.107. The maximum Gasteiger partial charge on any atom is 0.225 e. The van der Waals surface area contributed by atoms with Gasteiger partial charge >= 0.3 is 0 Å². The lowest BCUT2D eigenvalue weighted by atomic mass is 10.2. The number of nitrogens with one attached hydrogen (secondary N) is 1. The topological polar surface area (TPSA) is 76.4 Å². The number of para-hydroxylation sites is 1. The Balaban J connectivity index is 1.83. The molecule has 0 radical (unpaired) electrons. The van der Waals surface area contributed by atoms with Crippen molar-refractivity contribution in [2.75, 3.05) is 25.0 Å². The summed E-state index contributed by atoms with van der Waals surface area (Å²) < 4.78 is 0. The lowest BCUT2D eigenvalue weighted by molar-refractivity contribution is -0.116. The molecular weight excluding hydrogens is 242 g/mol. The Morgan fingerprint density at radius 1 is 1.53 bits per heavy atom. The third-order valence-corrected chi connectivity index (χ3v) is 3.22. The van der Waals surface area contributed by atoms with E-state index in [1.165, 1.54) is 0 Å². The molecule has 1 aliphatic heterocycles. The first-order valence-electron chi connectivity index (χ1n) is 6.38. The highest BCUT2D eigenvalue weighted by Crippen LogP contribution is 2.14. The van der Waals surface area contributed by atoms with E-state index in [1.807, 2.05) is 6.07 Å². The monoisotopic (exact) mass is 259 g/mol. The van der Waals surface area contributed by atoms with Crippen LogP contribution in [0.3, 0.4) is 0 Å². The van der Waals surface area contributed by atoms with E-state index in [9.17, 15) is 9.90 Å². The number of benzene rings is 1. The molecule has 1 amide bonds. The molecular formula is C14H17N3O2. The minimum atomic E-state index is -0.262. The van der Waals surface area contributed by atoms with Crippen molar-refractivity contribution in [2.45, 2.75) is 18.9 Å². The van der Waals surface area contributed by atoms with Gasteiger partial charge in [-0.25, -0.2) is 0 Å². The van der Waals surface area contributed by atoms with Crippen LogP contribution in [0.1, 0.15) is 18.4 Å². The summed E-state index contributed by atoms with van der Waals surface area (Å²) in [5, 5.41) is 21.1. The predicted molar refractivity (Wildman–Crippen MR) is 71.5 cm³/mol. The third-order valence-electron chi connectivity index (χ3n) is 3.22. The van der Waals surface area contributed by atoms with Crippen LogP contribution in [0, 0.1) is 11.3 Å². The van der Waals surface area contributed by atoms with Crippen molar-refractivity contribution in [3.05, 3.63) is 29.8 Å². The predicted octanol–water partition coefficient (Wildman–Crippen LogP) is 0.953. The molecule has 0 aliphatic carbocycles. The molecule has 1 atom stereocenters. The molecule has 1 unspecified atom stereocenters. The van der Waals surface area contributed by atoms with E-state index in [0.29, 0.717) is 30.8 Å². The maximum absolute atomic E-state index is 11.8. The van der Waals surface area contributed by atoms with Crippen molar-refractivity contribution in [3.8, 4) is 6.07 Å². The SMILES string of the molecule is N#Cc1ccccc1NC(=O)CCN1CCC(O)C1. The molecule has 1 saturated heterocycles. The lowest BCUT2D eigenvalue weighted by Gasteiger charge is -2.14. The van der Waals surface area contributed by atoms with Gasteiger partial charge in [-0.3, -0.25) is 4.79 Å². The molecule has 0 bridgehead atoms. The standard InChI is InChI=1S/C14H17N3O2/c15-9-11-3-1-2-4-13(11)16-14(19)6-8-17-7-5-12(18)10-17/h1-4,12,18H,5-8,10H2,(H,16,19). The summed E-state index contributed by atoms with van der Waals surface area (Å²) in [6.45, 7) is 2.11. The lowest BCUT2D eigenvalue weighted by Crippen LogP contribution is -2.26. The molecule has 0 aromatic heterocycles. The van der Waals surface area contributed by atoms with Crippen LogP contribution >= 0.6 is 0 Å². The molecule has 5 nitrogen and oxygen atoms in total. The van der Waals surface area contributed by atoms with Gasteiger partial charge in [-0.15, -0.1) is 0 Å². The molecule has 1 heterocycles. The van der Waals surface area contributed by atoms with E-state index < -0.39 is 0 Å². The average molecular weight is 259 g/mol. The van der Waals surface area contributed by atoms with Gasteiger partial charge < -0.3 is 15.3 Å². The first-order chi connectivity index (χ1) is 9.19. The van der Waals surface area contributed by atoms with Crippen molar-refractivity contribution in [1.29, 1.82) is 5.26 Å².